The van der Waals surface area contributed by atoms with Crippen molar-refractivity contribution in [2.45, 2.75) is 51.3 Å². The maximum atomic E-state index is 12.8. The van der Waals surface area contributed by atoms with Gasteiger partial charge >= 0.3 is 12.5 Å². The van der Waals surface area contributed by atoms with E-state index in [4.69, 9.17) is 0 Å². The van der Waals surface area contributed by atoms with Crippen LogP contribution in [0.5, 0.6) is 5.75 Å². The van der Waals surface area contributed by atoms with Crippen LogP contribution in [0.3, 0.4) is 0 Å². The Kier molecular flexibility index (Phi) is 7.01. The molecule has 1 aromatic rings. The van der Waals surface area contributed by atoms with E-state index in [9.17, 15) is 22.8 Å². The molecule has 2 fully saturated rings. The number of rotatable bonds is 6. The molecule has 31 heavy (non-hydrogen) atoms. The second-order valence-electron chi connectivity index (χ2n) is 8.53. The first kappa shape index (κ1) is 23.2. The summed E-state index contributed by atoms with van der Waals surface area (Å²) in [5.74, 6) is -0.204. The smallest absolute Gasteiger partial charge is 0.453 e. The van der Waals surface area contributed by atoms with E-state index in [2.05, 4.69) is 14.8 Å². The monoisotopic (exact) mass is 442 g/mol. The van der Waals surface area contributed by atoms with Crippen molar-refractivity contribution in [1.82, 2.24) is 10.2 Å². The SMILES string of the molecule is CC[C@H](CNC(=O)OC)C(=O)N1CCC2(CC1)CC(c1cccc(OC(F)(F)F)c1)C2. The van der Waals surface area contributed by atoms with Gasteiger partial charge < -0.3 is 19.7 Å². The molecule has 9 heteroatoms. The van der Waals surface area contributed by atoms with E-state index in [1.807, 2.05) is 17.9 Å². The lowest BCUT2D eigenvalue weighted by molar-refractivity contribution is -0.274. The minimum Gasteiger partial charge on any atom is -0.453 e. The Morgan fingerprint density at radius 2 is 1.94 bits per heavy atom. The van der Waals surface area contributed by atoms with Crippen molar-refractivity contribution in [3.8, 4) is 5.75 Å². The molecule has 1 atom stereocenters. The van der Waals surface area contributed by atoms with Crippen LogP contribution in [0.2, 0.25) is 0 Å². The molecule has 2 aliphatic rings. The van der Waals surface area contributed by atoms with Crippen molar-refractivity contribution >= 4 is 12.0 Å². The number of benzene rings is 1. The molecule has 3 rings (SSSR count). The molecule has 1 saturated heterocycles. The zero-order valence-electron chi connectivity index (χ0n) is 17.8. The third kappa shape index (κ3) is 5.83. The number of alkyl halides is 3. The Morgan fingerprint density at radius 1 is 1.26 bits per heavy atom. The molecule has 1 N–H and O–H groups in total. The zero-order valence-corrected chi connectivity index (χ0v) is 17.8. The van der Waals surface area contributed by atoms with E-state index >= 15 is 0 Å². The van der Waals surface area contributed by atoms with Crippen LogP contribution in [-0.4, -0.2) is 50.0 Å². The van der Waals surface area contributed by atoms with Gasteiger partial charge in [-0.25, -0.2) is 4.79 Å². The van der Waals surface area contributed by atoms with Gasteiger partial charge in [-0.05, 0) is 61.1 Å². The number of amides is 2. The van der Waals surface area contributed by atoms with Gasteiger partial charge in [-0.3, -0.25) is 4.79 Å². The van der Waals surface area contributed by atoms with Crippen molar-refractivity contribution in [3.63, 3.8) is 0 Å². The number of hydrogen-bond acceptors (Lipinski definition) is 4. The Labute approximate surface area is 180 Å². The van der Waals surface area contributed by atoms with Crippen molar-refractivity contribution in [3.05, 3.63) is 29.8 Å². The number of carbonyl (C=O) groups is 2. The summed E-state index contributed by atoms with van der Waals surface area (Å²) in [6, 6.07) is 6.23. The summed E-state index contributed by atoms with van der Waals surface area (Å²) >= 11 is 0. The van der Waals surface area contributed by atoms with Crippen LogP contribution < -0.4 is 10.1 Å². The van der Waals surface area contributed by atoms with Crippen LogP contribution in [0.25, 0.3) is 0 Å². The summed E-state index contributed by atoms with van der Waals surface area (Å²) in [7, 11) is 1.29. The number of likely N-dealkylation sites (tertiary alicyclic amines) is 1. The van der Waals surface area contributed by atoms with E-state index in [0.717, 1.165) is 31.2 Å². The average Bonchev–Trinajstić information content (AvgIpc) is 2.71. The van der Waals surface area contributed by atoms with Gasteiger partial charge in [0.2, 0.25) is 5.91 Å². The van der Waals surface area contributed by atoms with E-state index in [-0.39, 0.29) is 35.5 Å². The molecular weight excluding hydrogens is 413 g/mol. The molecule has 0 radical (unpaired) electrons. The van der Waals surface area contributed by atoms with Crippen LogP contribution in [0.15, 0.2) is 24.3 Å². The first-order chi connectivity index (χ1) is 14.6. The maximum absolute atomic E-state index is 12.8. The summed E-state index contributed by atoms with van der Waals surface area (Å²) in [5.41, 5.74) is 1.01. The number of carbonyl (C=O) groups excluding carboxylic acids is 2. The molecule has 172 valence electrons. The zero-order chi connectivity index (χ0) is 22.6. The second-order valence-corrected chi connectivity index (χ2v) is 8.53. The Bertz CT molecular complexity index is 783. The predicted molar refractivity (Wildman–Crippen MR) is 108 cm³/mol. The van der Waals surface area contributed by atoms with Crippen molar-refractivity contribution < 1.29 is 32.2 Å². The minimum absolute atomic E-state index is 0.0432. The van der Waals surface area contributed by atoms with Gasteiger partial charge in [0.15, 0.2) is 0 Å². The number of nitrogens with zero attached hydrogens (tertiary/aromatic N) is 1. The third-order valence-electron chi connectivity index (χ3n) is 6.58. The number of methoxy groups -OCH3 is 1. The summed E-state index contributed by atoms with van der Waals surface area (Å²) in [4.78, 5) is 26.0. The number of piperidine rings is 1. The van der Waals surface area contributed by atoms with Crippen molar-refractivity contribution in [2.75, 3.05) is 26.7 Å². The summed E-state index contributed by atoms with van der Waals surface area (Å²) < 4.78 is 46.0. The van der Waals surface area contributed by atoms with Gasteiger partial charge in [0.25, 0.3) is 0 Å². The van der Waals surface area contributed by atoms with Gasteiger partial charge in [0.05, 0.1) is 13.0 Å². The van der Waals surface area contributed by atoms with E-state index < -0.39 is 12.5 Å². The van der Waals surface area contributed by atoms with Gasteiger partial charge in [-0.2, -0.15) is 0 Å². The first-order valence-corrected chi connectivity index (χ1v) is 10.6. The highest BCUT2D eigenvalue weighted by atomic mass is 19.4. The molecule has 0 unspecified atom stereocenters. The Hall–Kier alpha value is -2.45. The van der Waals surface area contributed by atoms with Crippen LogP contribution >= 0.6 is 0 Å². The highest BCUT2D eigenvalue weighted by molar-refractivity contribution is 5.80. The maximum Gasteiger partial charge on any atom is 0.573 e. The Morgan fingerprint density at radius 3 is 2.52 bits per heavy atom. The topological polar surface area (TPSA) is 67.9 Å². The second kappa shape index (κ2) is 9.36. The number of hydrogen-bond donors (Lipinski definition) is 1. The van der Waals surface area contributed by atoms with Crippen molar-refractivity contribution in [2.24, 2.45) is 11.3 Å². The van der Waals surface area contributed by atoms with E-state index in [0.29, 0.717) is 19.5 Å². The molecule has 6 nitrogen and oxygen atoms in total. The first-order valence-electron chi connectivity index (χ1n) is 10.6. The number of nitrogens with one attached hydrogen (secondary N) is 1. The van der Waals surface area contributed by atoms with Gasteiger partial charge in [-0.1, -0.05) is 19.1 Å². The van der Waals surface area contributed by atoms with Crippen LogP contribution in [0, 0.1) is 11.3 Å². The molecule has 1 heterocycles. The van der Waals surface area contributed by atoms with Crippen LogP contribution in [0.4, 0.5) is 18.0 Å². The lowest BCUT2D eigenvalue weighted by Crippen LogP contribution is -2.50. The highest BCUT2D eigenvalue weighted by Gasteiger charge is 2.47. The molecule has 1 aliphatic heterocycles. The molecule has 1 saturated carbocycles. The third-order valence-corrected chi connectivity index (χ3v) is 6.58. The minimum atomic E-state index is -4.69. The number of alkyl carbamates (subject to hydrolysis) is 1. The summed E-state index contributed by atoms with van der Waals surface area (Å²) in [5, 5.41) is 2.60. The average molecular weight is 442 g/mol. The molecule has 2 amide bonds. The number of ether oxygens (including phenoxy) is 2. The van der Waals surface area contributed by atoms with E-state index in [1.54, 1.807) is 6.07 Å². The fourth-order valence-corrected chi connectivity index (χ4v) is 4.74. The molecule has 1 aromatic carbocycles. The van der Waals surface area contributed by atoms with E-state index in [1.165, 1.54) is 19.2 Å². The van der Waals surface area contributed by atoms with Crippen LogP contribution in [-0.2, 0) is 9.53 Å². The summed E-state index contributed by atoms with van der Waals surface area (Å²) in [6.45, 7) is 3.50. The fourth-order valence-electron chi connectivity index (χ4n) is 4.74. The normalized spacial score (nSPS) is 19.5. The lowest BCUT2D eigenvalue weighted by Gasteiger charge is -2.52. The van der Waals surface area contributed by atoms with Gasteiger partial charge in [-0.15, -0.1) is 13.2 Å². The fraction of sp³-hybridized carbons (Fsp3) is 0.636. The predicted octanol–water partition coefficient (Wildman–Crippen LogP) is 4.45. The summed E-state index contributed by atoms with van der Waals surface area (Å²) in [6.07, 6.45) is -1.03. The van der Waals surface area contributed by atoms with Gasteiger partial charge in [0.1, 0.15) is 5.75 Å². The molecule has 1 aliphatic carbocycles. The standard InChI is InChI=1S/C22H29F3N2O4/c1-3-15(14-26-20(29)30-2)19(28)27-9-7-21(8-10-27)12-17(13-21)16-5-4-6-18(11-16)31-22(23,24)25/h4-6,11,15,17H,3,7-10,12-14H2,1-2H3,(H,26,29)/t15-/m1/s1. The van der Waals surface area contributed by atoms with Crippen LogP contribution in [0.1, 0.15) is 50.5 Å². The quantitative estimate of drug-likeness (QED) is 0.707. The van der Waals surface area contributed by atoms with Crippen molar-refractivity contribution in [1.29, 1.82) is 0 Å². The molecule has 0 aromatic heterocycles. The lowest BCUT2D eigenvalue weighted by atomic mass is 9.56. The number of halogens is 3. The highest BCUT2D eigenvalue weighted by Crippen LogP contribution is 2.57. The molecule has 0 bridgehead atoms. The largest absolute Gasteiger partial charge is 0.573 e. The Balaban J connectivity index is 1.50. The van der Waals surface area contributed by atoms with Gasteiger partial charge in [0, 0.05) is 19.6 Å². The molecular formula is C22H29F3N2O4. The molecule has 1 spiro atoms.